The Morgan fingerprint density at radius 2 is 1.76 bits per heavy atom. The van der Waals surface area contributed by atoms with E-state index in [1.54, 1.807) is 12.1 Å². The number of hydrogen-bond donors (Lipinski definition) is 0. The van der Waals surface area contributed by atoms with E-state index in [0.29, 0.717) is 0 Å². The third kappa shape index (κ3) is 3.44. The molecule has 120 valence electrons. The molecule has 1 nitrogen and oxygen atoms in total. The quantitative estimate of drug-likeness (QED) is 0.627. The maximum absolute atomic E-state index is 13.1. The summed E-state index contributed by atoms with van der Waals surface area (Å²) in [6, 6.07) is 4.71. The van der Waals surface area contributed by atoms with Gasteiger partial charge in [0.1, 0.15) is 5.75 Å². The molecule has 0 bridgehead atoms. The topological polar surface area (TPSA) is 9.23 Å². The predicted octanol–water partition coefficient (Wildman–Crippen LogP) is 5.91. The first-order chi connectivity index (χ1) is 9.65. The van der Waals surface area contributed by atoms with Crippen molar-refractivity contribution in [2.24, 2.45) is 0 Å². The zero-order chi connectivity index (χ0) is 16.4. The largest absolute Gasteiger partial charge is 0.482 e. The van der Waals surface area contributed by atoms with Crippen LogP contribution in [0.3, 0.4) is 0 Å². The van der Waals surface area contributed by atoms with Crippen LogP contribution >= 0.6 is 11.6 Å². The van der Waals surface area contributed by atoms with E-state index in [2.05, 4.69) is 0 Å². The Kier molecular flexibility index (Phi) is 5.53. The van der Waals surface area contributed by atoms with Gasteiger partial charge in [-0.1, -0.05) is 45.4 Å². The number of halogens is 5. The van der Waals surface area contributed by atoms with E-state index < -0.39 is 24.4 Å². The Bertz CT molecular complexity index is 489. The average molecular weight is 327 g/mol. The van der Waals surface area contributed by atoms with Crippen LogP contribution in [0.25, 0.3) is 0 Å². The van der Waals surface area contributed by atoms with Crippen LogP contribution in [0, 0.1) is 0 Å². The molecule has 0 amide bonds. The Morgan fingerprint density at radius 3 is 2.14 bits per heavy atom. The summed E-state index contributed by atoms with van der Waals surface area (Å²) in [6.07, 6.45) is -2.83. The van der Waals surface area contributed by atoms with Gasteiger partial charge in [0.05, 0.1) is 11.4 Å². The molecule has 21 heavy (non-hydrogen) atoms. The lowest BCUT2D eigenvalue weighted by atomic mass is 9.85. The number of hydrogen-bond acceptors (Lipinski definition) is 1. The van der Waals surface area contributed by atoms with Gasteiger partial charge < -0.3 is 4.74 Å². The van der Waals surface area contributed by atoms with E-state index in [1.165, 1.54) is 6.07 Å². The van der Waals surface area contributed by atoms with Crippen LogP contribution in [-0.2, 0) is 0 Å². The summed E-state index contributed by atoms with van der Waals surface area (Å²) < 4.78 is 56.4. The van der Waals surface area contributed by atoms with Crippen molar-refractivity contribution < 1.29 is 22.3 Å². The molecule has 2 rings (SSSR count). The molecule has 6 heteroatoms. The molecule has 0 radical (unpaired) electrons. The fraction of sp³-hybridized carbons (Fsp3) is 0.600. The molecule has 1 saturated carbocycles. The van der Waals surface area contributed by atoms with Gasteiger partial charge in [0.15, 0.2) is 6.10 Å². The van der Waals surface area contributed by atoms with Crippen LogP contribution in [0.4, 0.5) is 17.6 Å². The van der Waals surface area contributed by atoms with Gasteiger partial charge in [0.2, 0.25) is 0 Å². The van der Waals surface area contributed by atoms with Crippen molar-refractivity contribution in [1.29, 1.82) is 0 Å². The Hall–Kier alpha value is -0.970. The second-order valence-electron chi connectivity index (χ2n) is 4.98. The first-order valence-electron chi connectivity index (χ1n) is 6.87. The summed E-state index contributed by atoms with van der Waals surface area (Å²) in [7, 11) is 0. The summed E-state index contributed by atoms with van der Waals surface area (Å²) >= 11 is 5.91. The highest BCUT2D eigenvalue weighted by Crippen LogP contribution is 2.52. The predicted molar refractivity (Wildman–Crippen MR) is 75.8 cm³/mol. The fourth-order valence-electron chi connectivity index (χ4n) is 1.84. The molecule has 0 aromatic heterocycles. The zero-order valence-electron chi connectivity index (χ0n) is 12.4. The van der Waals surface area contributed by atoms with Crippen LogP contribution in [0.15, 0.2) is 18.2 Å². The highest BCUT2D eigenvalue weighted by molar-refractivity contribution is 6.32. The van der Waals surface area contributed by atoms with Crippen molar-refractivity contribution in [1.82, 2.24) is 0 Å². The van der Waals surface area contributed by atoms with Gasteiger partial charge in [-0.15, -0.1) is 0 Å². The van der Waals surface area contributed by atoms with Crippen molar-refractivity contribution >= 4 is 11.6 Å². The summed E-state index contributed by atoms with van der Waals surface area (Å²) in [4.78, 5) is 0. The standard InChI is InChI=1S/C13H13ClF4O.C2H6/c1-7(2)8-3-4-10(9(14)5-8)19-11-6-12(15,16)13(11,17)18;1-2/h3-5,7,11H,6H2,1-2H3;1-2H3. The van der Waals surface area contributed by atoms with Crippen molar-refractivity contribution in [2.45, 2.75) is 58.0 Å². The van der Waals surface area contributed by atoms with Crippen molar-refractivity contribution in [3.8, 4) is 5.75 Å². The second-order valence-corrected chi connectivity index (χ2v) is 5.39. The molecule has 0 spiro atoms. The van der Waals surface area contributed by atoms with Crippen molar-refractivity contribution in [3.05, 3.63) is 28.8 Å². The normalized spacial score (nSPS) is 22.1. The third-order valence-electron chi connectivity index (χ3n) is 3.23. The smallest absolute Gasteiger partial charge is 0.346 e. The first kappa shape index (κ1) is 18.1. The van der Waals surface area contributed by atoms with E-state index in [0.717, 1.165) is 5.56 Å². The van der Waals surface area contributed by atoms with Crippen LogP contribution in [0.1, 0.15) is 45.6 Å². The van der Waals surface area contributed by atoms with Gasteiger partial charge in [-0.05, 0) is 23.6 Å². The monoisotopic (exact) mass is 326 g/mol. The van der Waals surface area contributed by atoms with Crippen LogP contribution in [0.5, 0.6) is 5.75 Å². The lowest BCUT2D eigenvalue weighted by Gasteiger charge is -2.43. The molecule has 1 aliphatic carbocycles. The Morgan fingerprint density at radius 1 is 1.19 bits per heavy atom. The average Bonchev–Trinajstić information content (AvgIpc) is 2.42. The van der Waals surface area contributed by atoms with Gasteiger partial charge >= 0.3 is 11.8 Å². The Labute approximate surface area is 127 Å². The minimum absolute atomic E-state index is 0.00578. The van der Waals surface area contributed by atoms with E-state index in [-0.39, 0.29) is 16.7 Å². The van der Waals surface area contributed by atoms with E-state index in [4.69, 9.17) is 16.3 Å². The molecule has 0 saturated heterocycles. The number of benzene rings is 1. The first-order valence-corrected chi connectivity index (χ1v) is 7.24. The number of alkyl halides is 4. The summed E-state index contributed by atoms with van der Waals surface area (Å²) in [5, 5.41) is 0.150. The maximum atomic E-state index is 13.1. The minimum Gasteiger partial charge on any atom is -0.482 e. The van der Waals surface area contributed by atoms with Crippen molar-refractivity contribution in [2.75, 3.05) is 0 Å². The van der Waals surface area contributed by atoms with E-state index in [9.17, 15) is 17.6 Å². The minimum atomic E-state index is -4.15. The van der Waals surface area contributed by atoms with Gasteiger partial charge in [0, 0.05) is 0 Å². The molecule has 1 aliphatic rings. The van der Waals surface area contributed by atoms with Crippen LogP contribution in [-0.4, -0.2) is 17.9 Å². The zero-order valence-corrected chi connectivity index (χ0v) is 13.1. The van der Waals surface area contributed by atoms with Crippen LogP contribution < -0.4 is 4.74 Å². The van der Waals surface area contributed by atoms with Gasteiger partial charge in [-0.25, -0.2) is 0 Å². The SMILES string of the molecule is CC.CC(C)c1ccc(OC2CC(F)(F)C2(F)F)c(Cl)c1. The highest BCUT2D eigenvalue weighted by Gasteiger charge is 2.73. The molecule has 0 aliphatic heterocycles. The maximum Gasteiger partial charge on any atom is 0.346 e. The summed E-state index contributed by atoms with van der Waals surface area (Å²) in [5.41, 5.74) is 0.919. The van der Waals surface area contributed by atoms with E-state index >= 15 is 0 Å². The third-order valence-corrected chi connectivity index (χ3v) is 3.52. The van der Waals surface area contributed by atoms with E-state index in [1.807, 2.05) is 27.7 Å². The summed E-state index contributed by atoms with van der Waals surface area (Å²) in [5.74, 6) is -7.91. The molecule has 1 aromatic rings. The van der Waals surface area contributed by atoms with Gasteiger partial charge in [-0.2, -0.15) is 17.6 Å². The molecular formula is C15H19ClF4O. The molecule has 1 fully saturated rings. The lowest BCUT2D eigenvalue weighted by molar-refractivity contribution is -0.324. The molecule has 1 aromatic carbocycles. The fourth-order valence-corrected chi connectivity index (χ4v) is 2.08. The highest BCUT2D eigenvalue weighted by atomic mass is 35.5. The second kappa shape index (κ2) is 6.42. The molecular weight excluding hydrogens is 308 g/mol. The van der Waals surface area contributed by atoms with Gasteiger partial charge in [-0.3, -0.25) is 0 Å². The molecule has 0 heterocycles. The Balaban J connectivity index is 0.00000106. The van der Waals surface area contributed by atoms with Crippen LogP contribution in [0.2, 0.25) is 5.02 Å². The lowest BCUT2D eigenvalue weighted by Crippen LogP contribution is -2.64. The number of rotatable bonds is 3. The molecule has 1 atom stereocenters. The molecule has 1 unspecified atom stereocenters. The van der Waals surface area contributed by atoms with Crippen molar-refractivity contribution in [3.63, 3.8) is 0 Å². The summed E-state index contributed by atoms with van der Waals surface area (Å²) in [6.45, 7) is 7.90. The molecule has 0 N–H and O–H groups in total. The number of ether oxygens (including phenoxy) is 1. The van der Waals surface area contributed by atoms with Gasteiger partial charge in [0.25, 0.3) is 0 Å².